The smallest absolute Gasteiger partial charge is 0.317 e. The van der Waals surface area contributed by atoms with Crippen molar-refractivity contribution in [2.45, 2.75) is 25.8 Å². The van der Waals surface area contributed by atoms with E-state index in [1.165, 1.54) is 19.3 Å². The SMILES string of the molecule is Cn1cc(N2CCN(C(=O)NCc3ccnc(N4CCCCC4)c3)CC2)cn1. The minimum Gasteiger partial charge on any atom is -0.365 e. The van der Waals surface area contributed by atoms with Gasteiger partial charge in [-0.25, -0.2) is 9.78 Å². The average molecular weight is 384 g/mol. The van der Waals surface area contributed by atoms with Crippen molar-refractivity contribution in [2.75, 3.05) is 49.1 Å². The number of rotatable bonds is 4. The fourth-order valence-corrected chi connectivity index (χ4v) is 3.90. The molecule has 0 spiro atoms. The molecule has 4 rings (SSSR count). The summed E-state index contributed by atoms with van der Waals surface area (Å²) in [5.41, 5.74) is 2.21. The lowest BCUT2D eigenvalue weighted by Gasteiger charge is -2.35. The predicted octanol–water partition coefficient (Wildman–Crippen LogP) is 1.84. The second kappa shape index (κ2) is 8.50. The van der Waals surface area contributed by atoms with Crippen LogP contribution in [0.15, 0.2) is 30.7 Å². The Kier molecular flexibility index (Phi) is 5.64. The summed E-state index contributed by atoms with van der Waals surface area (Å²) in [6.07, 6.45) is 9.50. The molecule has 2 aliphatic heterocycles. The van der Waals surface area contributed by atoms with E-state index in [-0.39, 0.29) is 6.03 Å². The van der Waals surface area contributed by atoms with Gasteiger partial charge >= 0.3 is 6.03 Å². The quantitative estimate of drug-likeness (QED) is 0.872. The van der Waals surface area contributed by atoms with Crippen molar-refractivity contribution in [3.05, 3.63) is 36.3 Å². The summed E-state index contributed by atoms with van der Waals surface area (Å²) in [7, 11) is 1.92. The highest BCUT2D eigenvalue weighted by Gasteiger charge is 2.22. The molecule has 0 aromatic carbocycles. The average Bonchev–Trinajstić information content (AvgIpc) is 3.19. The van der Waals surface area contributed by atoms with Gasteiger partial charge in [0.1, 0.15) is 5.82 Å². The number of piperidine rings is 1. The van der Waals surface area contributed by atoms with Crippen molar-refractivity contribution in [1.29, 1.82) is 0 Å². The van der Waals surface area contributed by atoms with Crippen LogP contribution in [0.5, 0.6) is 0 Å². The predicted molar refractivity (Wildman–Crippen MR) is 110 cm³/mol. The third-order valence-electron chi connectivity index (χ3n) is 5.56. The summed E-state index contributed by atoms with van der Waals surface area (Å²) >= 11 is 0. The summed E-state index contributed by atoms with van der Waals surface area (Å²) in [5.74, 6) is 1.02. The molecule has 2 amide bonds. The number of nitrogens with one attached hydrogen (secondary N) is 1. The molecule has 8 nitrogen and oxygen atoms in total. The number of hydrogen-bond donors (Lipinski definition) is 1. The molecule has 1 N–H and O–H groups in total. The fraction of sp³-hybridized carbons (Fsp3) is 0.550. The summed E-state index contributed by atoms with van der Waals surface area (Å²) < 4.78 is 1.81. The number of hydrogen-bond acceptors (Lipinski definition) is 5. The van der Waals surface area contributed by atoms with E-state index in [2.05, 4.69) is 31.3 Å². The molecule has 2 saturated heterocycles. The molecule has 8 heteroatoms. The van der Waals surface area contributed by atoms with Crippen LogP contribution in [0.1, 0.15) is 24.8 Å². The molecule has 4 heterocycles. The van der Waals surface area contributed by atoms with E-state index >= 15 is 0 Å². The zero-order valence-corrected chi connectivity index (χ0v) is 16.5. The van der Waals surface area contributed by atoms with Gasteiger partial charge in [-0.05, 0) is 37.0 Å². The molecule has 0 atom stereocenters. The number of nitrogens with zero attached hydrogens (tertiary/aromatic N) is 6. The molecule has 0 bridgehead atoms. The maximum absolute atomic E-state index is 12.6. The van der Waals surface area contributed by atoms with Gasteiger partial charge in [-0.3, -0.25) is 4.68 Å². The Hall–Kier alpha value is -2.77. The van der Waals surface area contributed by atoms with Crippen molar-refractivity contribution in [2.24, 2.45) is 7.05 Å². The van der Waals surface area contributed by atoms with Crippen LogP contribution in [-0.2, 0) is 13.6 Å². The standard InChI is InChI=1S/C20H29N7O/c1-24-16-18(15-23-24)25-9-11-27(12-10-25)20(28)22-14-17-5-6-21-19(13-17)26-7-3-2-4-8-26/h5-6,13,15-16H,2-4,7-12,14H2,1H3,(H,22,28). The molecule has 2 aromatic rings. The van der Waals surface area contributed by atoms with Crippen molar-refractivity contribution in [1.82, 2.24) is 25.0 Å². The third-order valence-corrected chi connectivity index (χ3v) is 5.56. The molecule has 0 saturated carbocycles. The first-order valence-corrected chi connectivity index (χ1v) is 10.2. The van der Waals surface area contributed by atoms with E-state index in [1.807, 2.05) is 36.6 Å². The van der Waals surface area contributed by atoms with Crippen LogP contribution >= 0.6 is 0 Å². The summed E-state index contributed by atoms with van der Waals surface area (Å²) in [6.45, 7) is 5.77. The van der Waals surface area contributed by atoms with Crippen LogP contribution in [0.4, 0.5) is 16.3 Å². The van der Waals surface area contributed by atoms with Crippen molar-refractivity contribution >= 4 is 17.5 Å². The van der Waals surface area contributed by atoms with Gasteiger partial charge in [0, 0.05) is 65.3 Å². The first-order chi connectivity index (χ1) is 13.7. The Morgan fingerprint density at radius 2 is 1.86 bits per heavy atom. The Morgan fingerprint density at radius 1 is 1.07 bits per heavy atom. The highest BCUT2D eigenvalue weighted by molar-refractivity contribution is 5.74. The van der Waals surface area contributed by atoms with Crippen LogP contribution in [0.3, 0.4) is 0 Å². The van der Waals surface area contributed by atoms with Crippen LogP contribution in [0, 0.1) is 0 Å². The van der Waals surface area contributed by atoms with E-state index in [0.717, 1.165) is 56.3 Å². The van der Waals surface area contributed by atoms with Crippen LogP contribution < -0.4 is 15.1 Å². The first-order valence-electron chi connectivity index (χ1n) is 10.2. The number of urea groups is 1. The van der Waals surface area contributed by atoms with E-state index in [1.54, 1.807) is 4.68 Å². The molecule has 150 valence electrons. The van der Waals surface area contributed by atoms with Gasteiger partial charge in [0.25, 0.3) is 0 Å². The van der Waals surface area contributed by atoms with Crippen LogP contribution in [0.25, 0.3) is 0 Å². The number of carbonyl (C=O) groups excluding carboxylic acids is 1. The Labute approximate surface area is 166 Å². The Balaban J connectivity index is 1.27. The van der Waals surface area contributed by atoms with Gasteiger partial charge in [0.2, 0.25) is 0 Å². The maximum atomic E-state index is 12.6. The molecule has 0 radical (unpaired) electrons. The van der Waals surface area contributed by atoms with E-state index in [9.17, 15) is 4.79 Å². The second-order valence-electron chi connectivity index (χ2n) is 7.58. The lowest BCUT2D eigenvalue weighted by molar-refractivity contribution is 0.194. The zero-order valence-electron chi connectivity index (χ0n) is 16.5. The second-order valence-corrected chi connectivity index (χ2v) is 7.58. The molecule has 28 heavy (non-hydrogen) atoms. The molecule has 2 fully saturated rings. The molecule has 0 unspecified atom stereocenters. The van der Waals surface area contributed by atoms with Gasteiger partial charge < -0.3 is 20.0 Å². The maximum Gasteiger partial charge on any atom is 0.317 e. The number of piperazine rings is 1. The summed E-state index contributed by atoms with van der Waals surface area (Å²) in [5, 5.41) is 7.29. The number of aromatic nitrogens is 3. The zero-order chi connectivity index (χ0) is 19.3. The molecule has 0 aliphatic carbocycles. The van der Waals surface area contributed by atoms with Crippen molar-refractivity contribution < 1.29 is 4.79 Å². The number of pyridine rings is 1. The van der Waals surface area contributed by atoms with E-state index in [4.69, 9.17) is 0 Å². The minimum absolute atomic E-state index is 0.00201. The number of anilines is 2. The van der Waals surface area contributed by atoms with Crippen molar-refractivity contribution in [3.63, 3.8) is 0 Å². The fourth-order valence-electron chi connectivity index (χ4n) is 3.90. The Bertz CT molecular complexity index is 791. The van der Waals surface area contributed by atoms with Gasteiger partial charge in [-0.1, -0.05) is 0 Å². The highest BCUT2D eigenvalue weighted by atomic mass is 16.2. The van der Waals surface area contributed by atoms with Gasteiger partial charge in [-0.15, -0.1) is 0 Å². The monoisotopic (exact) mass is 383 g/mol. The highest BCUT2D eigenvalue weighted by Crippen LogP contribution is 2.18. The van der Waals surface area contributed by atoms with Gasteiger partial charge in [0.05, 0.1) is 11.9 Å². The molecule has 2 aliphatic rings. The third kappa shape index (κ3) is 4.37. The molecule has 2 aromatic heterocycles. The van der Waals surface area contributed by atoms with E-state index in [0.29, 0.717) is 6.54 Å². The largest absolute Gasteiger partial charge is 0.365 e. The van der Waals surface area contributed by atoms with E-state index < -0.39 is 0 Å². The lowest BCUT2D eigenvalue weighted by atomic mass is 10.1. The first kappa shape index (κ1) is 18.6. The Morgan fingerprint density at radius 3 is 2.57 bits per heavy atom. The minimum atomic E-state index is 0.00201. The van der Waals surface area contributed by atoms with Gasteiger partial charge in [-0.2, -0.15) is 5.10 Å². The summed E-state index contributed by atoms with van der Waals surface area (Å²) in [4.78, 5) is 23.6. The topological polar surface area (TPSA) is 69.5 Å². The van der Waals surface area contributed by atoms with Crippen LogP contribution in [-0.4, -0.2) is 65.0 Å². The summed E-state index contributed by atoms with van der Waals surface area (Å²) in [6, 6.07) is 4.09. The van der Waals surface area contributed by atoms with Crippen molar-refractivity contribution in [3.8, 4) is 0 Å². The molecular weight excluding hydrogens is 354 g/mol. The van der Waals surface area contributed by atoms with Gasteiger partial charge in [0.15, 0.2) is 0 Å². The lowest BCUT2D eigenvalue weighted by Crippen LogP contribution is -2.51. The number of aryl methyl sites for hydroxylation is 1. The number of carbonyl (C=O) groups is 1. The number of amides is 2. The normalized spacial score (nSPS) is 17.7. The van der Waals surface area contributed by atoms with Crippen LogP contribution in [0.2, 0.25) is 0 Å². The molecular formula is C20H29N7O.